The fourth-order valence-electron chi connectivity index (χ4n) is 1.67. The summed E-state index contributed by atoms with van der Waals surface area (Å²) in [5, 5.41) is 1.11. The van der Waals surface area contributed by atoms with Gasteiger partial charge in [0, 0.05) is 16.5 Å². The van der Waals surface area contributed by atoms with Crippen molar-refractivity contribution in [1.82, 2.24) is 9.97 Å². The molecule has 0 unspecified atom stereocenters. The van der Waals surface area contributed by atoms with Gasteiger partial charge in [-0.15, -0.1) is 12.6 Å². The fourth-order valence-corrected chi connectivity index (χ4v) is 2.12. The van der Waals surface area contributed by atoms with E-state index >= 15 is 0 Å². The summed E-state index contributed by atoms with van der Waals surface area (Å²) < 4.78 is 0. The Labute approximate surface area is 88.8 Å². The zero-order valence-electron chi connectivity index (χ0n) is 8.23. The van der Waals surface area contributed by atoms with Crippen LogP contribution in [0, 0.1) is 0 Å². The summed E-state index contributed by atoms with van der Waals surface area (Å²) in [7, 11) is 0. The van der Waals surface area contributed by atoms with E-state index in [0.717, 1.165) is 15.8 Å². The van der Waals surface area contributed by atoms with E-state index in [1.54, 1.807) is 6.33 Å². The summed E-state index contributed by atoms with van der Waals surface area (Å²) in [6.45, 7) is 4.31. The normalized spacial score (nSPS) is 11.1. The highest BCUT2D eigenvalue weighted by atomic mass is 32.1. The quantitative estimate of drug-likeness (QED) is 0.722. The number of fused-ring (bicyclic) bond motifs is 1. The second-order valence-corrected chi connectivity index (χ2v) is 4.09. The molecule has 0 aliphatic heterocycles. The zero-order chi connectivity index (χ0) is 10.1. The lowest BCUT2D eigenvalue weighted by atomic mass is 9.99. The maximum absolute atomic E-state index is 4.46. The van der Waals surface area contributed by atoms with E-state index in [1.807, 2.05) is 18.3 Å². The van der Waals surface area contributed by atoms with Crippen molar-refractivity contribution in [2.75, 3.05) is 0 Å². The third-order valence-electron chi connectivity index (χ3n) is 2.29. The summed E-state index contributed by atoms with van der Waals surface area (Å²) in [6.07, 6.45) is 3.43. The van der Waals surface area contributed by atoms with Gasteiger partial charge in [-0.1, -0.05) is 13.8 Å². The number of nitrogens with zero attached hydrogens (tertiary/aromatic N) is 2. The predicted molar refractivity (Wildman–Crippen MR) is 60.9 cm³/mol. The van der Waals surface area contributed by atoms with Gasteiger partial charge in [0.05, 0.1) is 5.52 Å². The van der Waals surface area contributed by atoms with Crippen molar-refractivity contribution in [3.63, 3.8) is 0 Å². The molecule has 0 aliphatic rings. The van der Waals surface area contributed by atoms with Crippen LogP contribution >= 0.6 is 12.6 Å². The zero-order valence-corrected chi connectivity index (χ0v) is 9.12. The first-order valence-corrected chi connectivity index (χ1v) is 5.06. The maximum atomic E-state index is 4.46. The number of rotatable bonds is 1. The molecule has 0 N–H and O–H groups in total. The molecule has 0 saturated carbocycles. The highest BCUT2D eigenvalue weighted by molar-refractivity contribution is 7.80. The lowest BCUT2D eigenvalue weighted by Crippen LogP contribution is -1.93. The Kier molecular flexibility index (Phi) is 2.42. The Morgan fingerprint density at radius 1 is 1.29 bits per heavy atom. The molecule has 0 saturated heterocycles. The Balaban J connectivity index is 2.83. The SMILES string of the molecule is CC(C)c1c(S)ccc2ncncc12. The monoisotopic (exact) mass is 204 g/mol. The predicted octanol–water partition coefficient (Wildman–Crippen LogP) is 3.04. The Bertz CT molecular complexity index is 466. The molecular weight excluding hydrogens is 192 g/mol. The highest BCUT2D eigenvalue weighted by Crippen LogP contribution is 2.29. The van der Waals surface area contributed by atoms with Crippen molar-refractivity contribution in [3.8, 4) is 0 Å². The number of hydrogen-bond donors (Lipinski definition) is 1. The van der Waals surface area contributed by atoms with Gasteiger partial charge in [-0.2, -0.15) is 0 Å². The molecule has 0 fully saturated rings. The first kappa shape index (κ1) is 9.46. The van der Waals surface area contributed by atoms with E-state index in [1.165, 1.54) is 5.56 Å². The van der Waals surface area contributed by atoms with Crippen LogP contribution in [0.15, 0.2) is 29.6 Å². The van der Waals surface area contributed by atoms with Crippen LogP contribution in [0.2, 0.25) is 0 Å². The third kappa shape index (κ3) is 1.48. The van der Waals surface area contributed by atoms with Crippen LogP contribution in [0.5, 0.6) is 0 Å². The van der Waals surface area contributed by atoms with Crippen molar-refractivity contribution >= 4 is 23.5 Å². The molecule has 2 rings (SSSR count). The molecular formula is C11H12N2S. The molecule has 0 spiro atoms. The second kappa shape index (κ2) is 3.58. The molecule has 14 heavy (non-hydrogen) atoms. The molecule has 1 aromatic heterocycles. The minimum absolute atomic E-state index is 0.442. The van der Waals surface area contributed by atoms with Crippen molar-refractivity contribution in [2.24, 2.45) is 0 Å². The lowest BCUT2D eigenvalue weighted by molar-refractivity contribution is 0.852. The molecule has 0 atom stereocenters. The van der Waals surface area contributed by atoms with E-state index in [4.69, 9.17) is 0 Å². The van der Waals surface area contributed by atoms with E-state index in [2.05, 4.69) is 36.4 Å². The average Bonchev–Trinajstić information content (AvgIpc) is 2.17. The molecule has 1 heterocycles. The number of benzene rings is 1. The lowest BCUT2D eigenvalue weighted by Gasteiger charge is -2.11. The van der Waals surface area contributed by atoms with Gasteiger partial charge in [-0.3, -0.25) is 0 Å². The van der Waals surface area contributed by atoms with Gasteiger partial charge in [0.25, 0.3) is 0 Å². The summed E-state index contributed by atoms with van der Waals surface area (Å²) >= 11 is 4.46. The van der Waals surface area contributed by atoms with E-state index in [9.17, 15) is 0 Å². The smallest absolute Gasteiger partial charge is 0.116 e. The molecule has 2 aromatic rings. The highest BCUT2D eigenvalue weighted by Gasteiger charge is 2.09. The van der Waals surface area contributed by atoms with Crippen LogP contribution in [0.25, 0.3) is 10.9 Å². The molecule has 0 amide bonds. The van der Waals surface area contributed by atoms with Crippen LogP contribution in [0.4, 0.5) is 0 Å². The molecule has 0 bridgehead atoms. The Hall–Kier alpha value is -1.09. The number of thiol groups is 1. The largest absolute Gasteiger partial charge is 0.244 e. The topological polar surface area (TPSA) is 25.8 Å². The fraction of sp³-hybridized carbons (Fsp3) is 0.273. The first-order valence-electron chi connectivity index (χ1n) is 4.61. The van der Waals surface area contributed by atoms with E-state index in [0.29, 0.717) is 5.92 Å². The molecule has 72 valence electrons. The van der Waals surface area contributed by atoms with Gasteiger partial charge in [0.15, 0.2) is 0 Å². The van der Waals surface area contributed by atoms with Crippen molar-refractivity contribution < 1.29 is 0 Å². The summed E-state index contributed by atoms with van der Waals surface area (Å²) in [6, 6.07) is 3.97. The second-order valence-electron chi connectivity index (χ2n) is 3.61. The van der Waals surface area contributed by atoms with Crippen LogP contribution in [0.3, 0.4) is 0 Å². The Morgan fingerprint density at radius 3 is 2.79 bits per heavy atom. The summed E-state index contributed by atoms with van der Waals surface area (Å²) in [5.74, 6) is 0.442. The minimum atomic E-state index is 0.442. The third-order valence-corrected chi connectivity index (χ3v) is 2.68. The Morgan fingerprint density at radius 2 is 2.07 bits per heavy atom. The maximum Gasteiger partial charge on any atom is 0.116 e. The summed E-state index contributed by atoms with van der Waals surface area (Å²) in [5.41, 5.74) is 2.22. The number of hydrogen-bond acceptors (Lipinski definition) is 3. The van der Waals surface area contributed by atoms with Gasteiger partial charge in [-0.25, -0.2) is 9.97 Å². The van der Waals surface area contributed by atoms with Gasteiger partial charge < -0.3 is 0 Å². The first-order chi connectivity index (χ1) is 6.70. The van der Waals surface area contributed by atoms with Crippen molar-refractivity contribution in [3.05, 3.63) is 30.2 Å². The minimum Gasteiger partial charge on any atom is -0.244 e. The van der Waals surface area contributed by atoms with Crippen LogP contribution in [-0.4, -0.2) is 9.97 Å². The van der Waals surface area contributed by atoms with Gasteiger partial charge in [-0.05, 0) is 23.6 Å². The van der Waals surface area contributed by atoms with Gasteiger partial charge >= 0.3 is 0 Å². The van der Waals surface area contributed by atoms with E-state index in [-0.39, 0.29) is 0 Å². The molecule has 3 heteroatoms. The van der Waals surface area contributed by atoms with Crippen LogP contribution in [-0.2, 0) is 0 Å². The van der Waals surface area contributed by atoms with Crippen LogP contribution < -0.4 is 0 Å². The van der Waals surface area contributed by atoms with Crippen LogP contribution in [0.1, 0.15) is 25.3 Å². The van der Waals surface area contributed by atoms with Gasteiger partial charge in [0.1, 0.15) is 6.33 Å². The standard InChI is InChI=1S/C11H12N2S/c1-7(2)11-8-5-12-6-13-9(8)3-4-10(11)14/h3-7,14H,1-2H3. The molecule has 0 aliphatic carbocycles. The molecule has 2 nitrogen and oxygen atoms in total. The van der Waals surface area contributed by atoms with Gasteiger partial charge in [0.2, 0.25) is 0 Å². The average molecular weight is 204 g/mol. The molecule has 1 aromatic carbocycles. The number of aromatic nitrogens is 2. The summed E-state index contributed by atoms with van der Waals surface area (Å²) in [4.78, 5) is 9.29. The van der Waals surface area contributed by atoms with Crippen molar-refractivity contribution in [2.45, 2.75) is 24.7 Å². The molecule has 0 radical (unpaired) electrons. The van der Waals surface area contributed by atoms with Crippen molar-refractivity contribution in [1.29, 1.82) is 0 Å². The van der Waals surface area contributed by atoms with E-state index < -0.39 is 0 Å².